The molecule has 4 heteroatoms. The third-order valence-corrected chi connectivity index (χ3v) is 2.30. The highest BCUT2D eigenvalue weighted by molar-refractivity contribution is 5.29. The van der Waals surface area contributed by atoms with Gasteiger partial charge in [0.2, 0.25) is 5.95 Å². The predicted octanol–water partition coefficient (Wildman–Crippen LogP) is 1.71. The summed E-state index contributed by atoms with van der Waals surface area (Å²) in [7, 11) is 1.96. The number of rotatable bonds is 2. The van der Waals surface area contributed by atoms with E-state index in [9.17, 15) is 0 Å². The van der Waals surface area contributed by atoms with Crippen LogP contribution in [0.2, 0.25) is 0 Å². The number of nitrogens with one attached hydrogen (secondary N) is 1. The second-order valence-electron chi connectivity index (χ2n) is 3.43. The van der Waals surface area contributed by atoms with Crippen LogP contribution in [0.25, 0.3) is 0 Å². The Morgan fingerprint density at radius 2 is 1.86 bits per heavy atom. The lowest BCUT2D eigenvalue weighted by molar-refractivity contribution is 0.819. The van der Waals surface area contributed by atoms with Gasteiger partial charge in [-0.25, -0.2) is 4.98 Å². The minimum absolute atomic E-state index is 0.840. The Hall–Kier alpha value is -1.71. The van der Waals surface area contributed by atoms with Crippen molar-refractivity contribution >= 4 is 5.95 Å². The molecule has 2 aromatic rings. The van der Waals surface area contributed by atoms with E-state index in [1.165, 1.54) is 11.4 Å². The van der Waals surface area contributed by atoms with E-state index in [2.05, 4.69) is 36.4 Å². The van der Waals surface area contributed by atoms with Gasteiger partial charge in [-0.2, -0.15) is 0 Å². The maximum absolute atomic E-state index is 4.20. The van der Waals surface area contributed by atoms with Gasteiger partial charge in [0.15, 0.2) is 0 Å². The Kier molecular flexibility index (Phi) is 2.04. The van der Waals surface area contributed by atoms with Crippen LogP contribution >= 0.6 is 0 Å². The summed E-state index contributed by atoms with van der Waals surface area (Å²) >= 11 is 0. The number of hydrogen-bond donors (Lipinski definition) is 1. The molecule has 0 amide bonds. The second kappa shape index (κ2) is 3.21. The van der Waals surface area contributed by atoms with Crippen molar-refractivity contribution in [3.8, 4) is 0 Å². The van der Waals surface area contributed by atoms with E-state index in [1.54, 1.807) is 6.20 Å². The first-order valence-electron chi connectivity index (χ1n) is 4.58. The molecule has 1 N–H and O–H groups in total. The van der Waals surface area contributed by atoms with Crippen LogP contribution < -0.4 is 5.43 Å². The summed E-state index contributed by atoms with van der Waals surface area (Å²) in [6.45, 7) is 4.12. The summed E-state index contributed by atoms with van der Waals surface area (Å²) < 4.78 is 3.96. The molecule has 0 aliphatic rings. The SMILES string of the molecule is Cc1ccc(C)n1Nc1nccn1C. The molecule has 2 heterocycles. The molecule has 2 rings (SSSR count). The number of hydrogen-bond acceptors (Lipinski definition) is 2. The second-order valence-corrected chi connectivity index (χ2v) is 3.43. The fourth-order valence-corrected chi connectivity index (χ4v) is 1.42. The van der Waals surface area contributed by atoms with Crippen molar-refractivity contribution in [2.45, 2.75) is 13.8 Å². The zero-order valence-electron chi connectivity index (χ0n) is 8.65. The highest BCUT2D eigenvalue weighted by Crippen LogP contribution is 2.08. The van der Waals surface area contributed by atoms with E-state index in [-0.39, 0.29) is 0 Å². The number of imidazole rings is 1. The normalized spacial score (nSPS) is 10.5. The van der Waals surface area contributed by atoms with Crippen molar-refractivity contribution in [2.24, 2.45) is 7.05 Å². The summed E-state index contributed by atoms with van der Waals surface area (Å²) in [6.07, 6.45) is 3.69. The molecule has 0 saturated carbocycles. The van der Waals surface area contributed by atoms with Gasteiger partial charge in [0.05, 0.1) is 0 Å². The van der Waals surface area contributed by atoms with Crippen molar-refractivity contribution < 1.29 is 0 Å². The average Bonchev–Trinajstić information content (AvgIpc) is 2.67. The van der Waals surface area contributed by atoms with Crippen molar-refractivity contribution in [3.05, 3.63) is 35.9 Å². The largest absolute Gasteiger partial charge is 0.319 e. The van der Waals surface area contributed by atoms with Gasteiger partial charge < -0.3 is 4.57 Å². The van der Waals surface area contributed by atoms with E-state index in [0.29, 0.717) is 0 Å². The Morgan fingerprint density at radius 1 is 1.21 bits per heavy atom. The van der Waals surface area contributed by atoms with Crippen LogP contribution in [0.5, 0.6) is 0 Å². The molecule has 0 bridgehead atoms. The molecule has 0 aliphatic carbocycles. The van der Waals surface area contributed by atoms with Gasteiger partial charge in [-0.3, -0.25) is 10.1 Å². The van der Waals surface area contributed by atoms with E-state index in [1.807, 2.05) is 22.5 Å². The molecular formula is C10H14N4. The Morgan fingerprint density at radius 3 is 2.36 bits per heavy atom. The third kappa shape index (κ3) is 1.39. The van der Waals surface area contributed by atoms with Gasteiger partial charge in [0, 0.05) is 30.8 Å². The highest BCUT2D eigenvalue weighted by Gasteiger charge is 2.03. The van der Waals surface area contributed by atoms with Crippen molar-refractivity contribution in [3.63, 3.8) is 0 Å². The van der Waals surface area contributed by atoms with Crippen LogP contribution in [0.3, 0.4) is 0 Å². The molecule has 0 radical (unpaired) electrons. The molecule has 2 aromatic heterocycles. The highest BCUT2D eigenvalue weighted by atomic mass is 15.5. The Labute approximate surface area is 83.2 Å². The monoisotopic (exact) mass is 190 g/mol. The van der Waals surface area contributed by atoms with Gasteiger partial charge in [-0.15, -0.1) is 0 Å². The summed E-state index contributed by atoms with van der Waals surface area (Å²) in [5.74, 6) is 0.840. The van der Waals surface area contributed by atoms with Crippen LogP contribution in [-0.4, -0.2) is 14.2 Å². The predicted molar refractivity (Wildman–Crippen MR) is 56.1 cm³/mol. The number of anilines is 1. The van der Waals surface area contributed by atoms with Crippen LogP contribution in [-0.2, 0) is 7.05 Å². The molecule has 0 unspecified atom stereocenters. The molecule has 74 valence electrons. The van der Waals surface area contributed by atoms with Gasteiger partial charge in [0.25, 0.3) is 0 Å². The van der Waals surface area contributed by atoms with Crippen molar-refractivity contribution in [2.75, 3.05) is 5.43 Å². The first kappa shape index (κ1) is 8.87. The molecule has 0 aromatic carbocycles. The topological polar surface area (TPSA) is 34.8 Å². The molecule has 0 atom stereocenters. The molecule has 0 saturated heterocycles. The third-order valence-electron chi connectivity index (χ3n) is 2.30. The lowest BCUT2D eigenvalue weighted by Gasteiger charge is -2.11. The summed E-state index contributed by atoms with van der Waals surface area (Å²) in [4.78, 5) is 4.20. The van der Waals surface area contributed by atoms with Gasteiger partial charge in [-0.1, -0.05) is 0 Å². The quantitative estimate of drug-likeness (QED) is 0.782. The van der Waals surface area contributed by atoms with Crippen LogP contribution in [0.15, 0.2) is 24.5 Å². The zero-order chi connectivity index (χ0) is 10.1. The maximum Gasteiger partial charge on any atom is 0.222 e. The smallest absolute Gasteiger partial charge is 0.222 e. The zero-order valence-corrected chi connectivity index (χ0v) is 8.65. The minimum Gasteiger partial charge on any atom is -0.319 e. The molecule has 14 heavy (non-hydrogen) atoms. The fourth-order valence-electron chi connectivity index (χ4n) is 1.42. The number of nitrogens with zero attached hydrogens (tertiary/aromatic N) is 3. The first-order valence-corrected chi connectivity index (χ1v) is 4.58. The maximum atomic E-state index is 4.20. The standard InChI is InChI=1S/C10H14N4/c1-8-4-5-9(2)14(8)12-10-11-6-7-13(10)3/h4-7H,1-3H3,(H,11,12). The molecule has 0 spiro atoms. The van der Waals surface area contributed by atoms with Crippen LogP contribution in [0.4, 0.5) is 5.95 Å². The van der Waals surface area contributed by atoms with Gasteiger partial charge in [-0.05, 0) is 26.0 Å². The minimum atomic E-state index is 0.840. The summed E-state index contributed by atoms with van der Waals surface area (Å²) in [6, 6.07) is 4.15. The van der Waals surface area contributed by atoms with E-state index in [4.69, 9.17) is 0 Å². The van der Waals surface area contributed by atoms with Crippen molar-refractivity contribution in [1.29, 1.82) is 0 Å². The molecular weight excluding hydrogens is 176 g/mol. The van der Waals surface area contributed by atoms with Gasteiger partial charge >= 0.3 is 0 Å². The molecule has 0 aliphatic heterocycles. The van der Waals surface area contributed by atoms with Crippen molar-refractivity contribution in [1.82, 2.24) is 14.2 Å². The van der Waals surface area contributed by atoms with Gasteiger partial charge in [0.1, 0.15) is 0 Å². The Bertz CT molecular complexity index is 419. The lowest BCUT2D eigenvalue weighted by Crippen LogP contribution is -2.15. The van der Waals surface area contributed by atoms with Crippen LogP contribution in [0.1, 0.15) is 11.4 Å². The Balaban J connectivity index is 2.31. The fraction of sp³-hybridized carbons (Fsp3) is 0.300. The number of aromatic nitrogens is 3. The summed E-state index contributed by atoms with van der Waals surface area (Å²) in [5, 5.41) is 0. The van der Waals surface area contributed by atoms with E-state index < -0.39 is 0 Å². The molecule has 0 fully saturated rings. The molecule has 4 nitrogen and oxygen atoms in total. The average molecular weight is 190 g/mol. The number of aryl methyl sites for hydroxylation is 3. The first-order chi connectivity index (χ1) is 6.68. The van der Waals surface area contributed by atoms with Crippen LogP contribution in [0, 0.1) is 13.8 Å². The van der Waals surface area contributed by atoms with E-state index >= 15 is 0 Å². The van der Waals surface area contributed by atoms with E-state index in [0.717, 1.165) is 5.95 Å². The lowest BCUT2D eigenvalue weighted by atomic mass is 10.5. The summed E-state index contributed by atoms with van der Waals surface area (Å²) in [5.41, 5.74) is 5.58.